The molecule has 7 N–H and O–H groups in total. The van der Waals surface area contributed by atoms with Crippen LogP contribution in [0.5, 0.6) is 0 Å². The van der Waals surface area contributed by atoms with Gasteiger partial charge in [0.1, 0.15) is 71.8 Å². The third-order valence-corrected chi connectivity index (χ3v) is 17.6. The van der Waals surface area contributed by atoms with Gasteiger partial charge in [-0.1, -0.05) is 47.6 Å². The molecule has 29 nitrogen and oxygen atoms in total. The van der Waals surface area contributed by atoms with Crippen LogP contribution in [-0.2, 0) is 57.4 Å². The number of hydrogen-bond donors (Lipinski definition) is 6. The molecule has 7 rings (SSSR count). The molecule has 1 aromatic carbocycles. The molecular formula is C61H84N12O17. The number of cyclic esters (lactones) is 2. The maximum atomic E-state index is 15.1. The molecule has 6 aliphatic rings. The van der Waals surface area contributed by atoms with Gasteiger partial charge < -0.3 is 75.4 Å². The summed E-state index contributed by atoms with van der Waals surface area (Å²) in [5.41, 5.74) is 3.35. The molecule has 4 saturated heterocycles. The lowest BCUT2D eigenvalue weighted by Gasteiger charge is -2.37. The number of nitrogen functional groups attached to an aromatic ring is 1. The molecule has 29 heteroatoms. The number of fused-ring (bicyclic) bond motifs is 4. The van der Waals surface area contributed by atoms with Gasteiger partial charge in [-0.3, -0.25) is 52.7 Å². The van der Waals surface area contributed by atoms with Crippen LogP contribution in [0.2, 0.25) is 0 Å². The van der Waals surface area contributed by atoms with Crippen molar-refractivity contribution in [3.8, 4) is 11.5 Å². The number of carbonyl (C=O) groups is 12. The predicted molar refractivity (Wildman–Crippen MR) is 322 cm³/mol. The van der Waals surface area contributed by atoms with Gasteiger partial charge in [-0.05, 0) is 90.2 Å². The quantitative estimate of drug-likeness (QED) is 0.0982. The molecule has 5 heterocycles. The van der Waals surface area contributed by atoms with Crippen molar-refractivity contribution in [1.82, 2.24) is 55.7 Å². The first kappa shape index (κ1) is 68.7. The second kappa shape index (κ2) is 27.1. The van der Waals surface area contributed by atoms with Gasteiger partial charge in [-0.15, -0.1) is 0 Å². The molecule has 490 valence electrons. The summed E-state index contributed by atoms with van der Waals surface area (Å²) in [4.78, 5) is 198. The van der Waals surface area contributed by atoms with Crippen LogP contribution in [0.4, 0.5) is 5.69 Å². The number of likely N-dealkylation sites (N-methyl/N-ethyl adjacent to an activating group) is 4. The highest BCUT2D eigenvalue weighted by molar-refractivity contribution is 6.10. The Morgan fingerprint density at radius 1 is 0.700 bits per heavy atom. The first-order valence-corrected chi connectivity index (χ1v) is 30.1. The third kappa shape index (κ3) is 13.4. The molecule has 0 saturated carbocycles. The van der Waals surface area contributed by atoms with Gasteiger partial charge in [0.05, 0.1) is 36.0 Å². The molecule has 0 spiro atoms. The van der Waals surface area contributed by atoms with Crippen molar-refractivity contribution in [2.75, 3.05) is 53.6 Å². The minimum atomic E-state index is -1.89. The van der Waals surface area contributed by atoms with Gasteiger partial charge in [0.2, 0.25) is 52.7 Å². The largest absolute Gasteiger partial charge is 0.458 e. The highest BCUT2D eigenvalue weighted by atomic mass is 16.6. The molecule has 0 unspecified atom stereocenters. The lowest BCUT2D eigenvalue weighted by Crippen LogP contribution is -2.62. The number of anilines is 1. The van der Waals surface area contributed by atoms with E-state index in [4.69, 9.17) is 24.6 Å². The summed E-state index contributed by atoms with van der Waals surface area (Å²) in [6.45, 7) is 17.4. The van der Waals surface area contributed by atoms with E-state index in [1.165, 1.54) is 82.7 Å². The Bertz CT molecular complexity index is 3440. The Morgan fingerprint density at radius 3 is 1.80 bits per heavy atom. The van der Waals surface area contributed by atoms with Crippen LogP contribution in [0.1, 0.15) is 120 Å². The predicted octanol–water partition coefficient (Wildman–Crippen LogP) is -0.551. The molecule has 1 aromatic rings. The Morgan fingerprint density at radius 2 is 1.23 bits per heavy atom. The van der Waals surface area contributed by atoms with E-state index in [1.807, 2.05) is 0 Å². The summed E-state index contributed by atoms with van der Waals surface area (Å²) in [6.07, 6.45) is -3.82. The normalized spacial score (nSPS) is 27.8. The summed E-state index contributed by atoms with van der Waals surface area (Å²) in [6, 6.07) is -9.47. The Labute approximate surface area is 520 Å². The average Bonchev–Trinajstić information content (AvgIpc) is 0.915. The molecule has 10 amide bonds. The van der Waals surface area contributed by atoms with E-state index >= 15 is 9.59 Å². The summed E-state index contributed by atoms with van der Waals surface area (Å²) in [5, 5.41) is 21.8. The van der Waals surface area contributed by atoms with E-state index in [0.29, 0.717) is 12.0 Å². The average molecular weight is 1260 g/mol. The topological polar surface area (TPSA) is 380 Å². The number of ether oxygens (including phenoxy) is 2. The number of amides is 10. The van der Waals surface area contributed by atoms with E-state index in [2.05, 4.69) is 21.3 Å². The summed E-state index contributed by atoms with van der Waals surface area (Å²) in [7, 11) is 5.37. The number of carbonyl (C=O) groups excluding carboxylic acids is 12. The summed E-state index contributed by atoms with van der Waals surface area (Å²) < 4.78 is 18.1. The molecule has 1 aliphatic carbocycles. The zero-order chi connectivity index (χ0) is 67.1. The third-order valence-electron chi connectivity index (χ3n) is 17.6. The number of benzene rings is 2. The van der Waals surface area contributed by atoms with Crippen LogP contribution in [0.3, 0.4) is 0 Å². The van der Waals surface area contributed by atoms with Crippen LogP contribution in [0.15, 0.2) is 21.3 Å². The van der Waals surface area contributed by atoms with Gasteiger partial charge in [0.25, 0.3) is 11.8 Å². The molecule has 90 heavy (non-hydrogen) atoms. The fourth-order valence-corrected chi connectivity index (χ4v) is 12.0. The van der Waals surface area contributed by atoms with Crippen molar-refractivity contribution >= 4 is 87.8 Å². The standard InChI is InChI=1S/C61H84N12O17/c1-25(2)41-57(83)72-21-17-18-35(72)56(82)68(13)23-37(75)70(15)31(10)60(86)88-32(11)44(55(81)64-41)67-53(79)39-40(62)49(77)30(9)51-46(39)63-45-34(20-19-28(7)50(45)90-51)52(78)66-43-33(12)89-61(87)47(27(5)6)71(16)38(76)24-69(14)59(85)48-36(74)22-29(8)73(48)58(84)42(26(3)4)65-54(43)80/h19-20,25-27,29,31-33,35-36,41-44,47-48,74H,17-18,21-24,62H2,1-16H3,(H,64,81)(H,65,80)(H,66,78)(H,67,79)/t29-,31-,32-,33+,35-,36-,41+,42+,43-,44-,47-,48-/m0/s1. The SMILES string of the molecule is Cc1c2oc3c(C)ccc(C(=O)N[C@@H]4C(=O)N[C@H](C(C)C)C(=O)N5[C@H](C(=O)N(C)CC(=O)N(C)[C@@H](C(C)C)C(=O)O[C@@H]4C)[C@@H](O)C[C@@H]5C)c3nc-2c(C(=O)N[C@@H]2C(=O)N[C@H](C(C)C)C(=O)N3CCC[C@H]3C(=O)N(C)CC(=O)N(C)[C@@H](C)C(=O)O[C@H]2C)c(N)c1=O. The maximum absolute atomic E-state index is 15.1. The van der Waals surface area contributed by atoms with Crippen molar-refractivity contribution in [2.24, 2.45) is 17.8 Å². The molecule has 12 atom stereocenters. The molecule has 0 radical (unpaired) electrons. The maximum Gasteiger partial charge on any atom is 0.329 e. The number of aromatic nitrogens is 1. The van der Waals surface area contributed by atoms with Crippen molar-refractivity contribution in [1.29, 1.82) is 0 Å². The number of nitrogens with zero attached hydrogens (tertiary/aromatic N) is 7. The van der Waals surface area contributed by atoms with E-state index in [-0.39, 0.29) is 47.4 Å². The Kier molecular flexibility index (Phi) is 20.7. The minimum absolute atomic E-state index is 0.0194. The van der Waals surface area contributed by atoms with Gasteiger partial charge in [-0.25, -0.2) is 14.6 Å². The Hall–Kier alpha value is -8.76. The second-order valence-electron chi connectivity index (χ2n) is 25.2. The molecular weight excluding hydrogens is 1170 g/mol. The van der Waals surface area contributed by atoms with Crippen LogP contribution in [0, 0.1) is 31.6 Å². The van der Waals surface area contributed by atoms with E-state index in [9.17, 15) is 57.8 Å². The first-order valence-electron chi connectivity index (χ1n) is 30.1. The van der Waals surface area contributed by atoms with Crippen LogP contribution >= 0.6 is 0 Å². The Balaban J connectivity index is 1.32. The molecule has 0 aromatic heterocycles. The van der Waals surface area contributed by atoms with E-state index < -0.39 is 197 Å². The van der Waals surface area contributed by atoms with Gasteiger partial charge >= 0.3 is 11.9 Å². The summed E-state index contributed by atoms with van der Waals surface area (Å²) >= 11 is 0. The van der Waals surface area contributed by atoms with Crippen LogP contribution in [0.25, 0.3) is 22.6 Å². The van der Waals surface area contributed by atoms with Crippen molar-refractivity contribution in [2.45, 2.75) is 175 Å². The molecule has 4 fully saturated rings. The fraction of sp³-hybridized carbons (Fsp3) is 0.607. The number of hydrogen-bond acceptors (Lipinski definition) is 19. The number of aliphatic hydroxyl groups is 1. The number of nitrogens with one attached hydrogen (secondary N) is 4. The van der Waals surface area contributed by atoms with Crippen LogP contribution < -0.4 is 32.4 Å². The fourth-order valence-electron chi connectivity index (χ4n) is 12.0. The number of esters is 2. The van der Waals surface area contributed by atoms with Crippen molar-refractivity contribution < 1.29 is 76.5 Å². The van der Waals surface area contributed by atoms with E-state index in [0.717, 1.165) is 14.7 Å². The number of nitrogens with two attached hydrogens (primary N) is 1. The van der Waals surface area contributed by atoms with Gasteiger partial charge in [-0.2, -0.15) is 0 Å². The van der Waals surface area contributed by atoms with Crippen molar-refractivity contribution in [3.05, 3.63) is 44.6 Å². The van der Waals surface area contributed by atoms with Gasteiger partial charge in [0, 0.05) is 46.3 Å². The number of aliphatic hydroxyl groups excluding tert-OH is 1. The summed E-state index contributed by atoms with van der Waals surface area (Å²) in [5.74, 6) is -12.7. The van der Waals surface area contributed by atoms with Crippen molar-refractivity contribution in [3.63, 3.8) is 0 Å². The zero-order valence-electron chi connectivity index (χ0n) is 53.7. The highest BCUT2D eigenvalue weighted by Crippen LogP contribution is 2.36. The second-order valence-corrected chi connectivity index (χ2v) is 25.2. The lowest BCUT2D eigenvalue weighted by molar-refractivity contribution is -0.163. The molecule has 0 bridgehead atoms. The van der Waals surface area contributed by atoms with E-state index in [1.54, 1.807) is 55.4 Å². The highest BCUT2D eigenvalue weighted by Gasteiger charge is 2.50. The lowest BCUT2D eigenvalue weighted by atomic mass is 9.98. The van der Waals surface area contributed by atoms with Gasteiger partial charge in [0.15, 0.2) is 11.3 Å². The number of aryl methyl sites for hydroxylation is 1. The van der Waals surface area contributed by atoms with Crippen LogP contribution in [-0.4, -0.2) is 231 Å². The minimum Gasteiger partial charge on any atom is -0.458 e. The smallest absolute Gasteiger partial charge is 0.329 e. The molecule has 5 aliphatic heterocycles. The first-order chi connectivity index (χ1) is 42.0. The number of rotatable bonds is 7. The zero-order valence-corrected chi connectivity index (χ0v) is 53.7. The monoisotopic (exact) mass is 1260 g/mol.